The van der Waals surface area contributed by atoms with Crippen LogP contribution in [0.2, 0.25) is 0 Å². The molecule has 7 nitrogen and oxygen atoms in total. The van der Waals surface area contributed by atoms with Gasteiger partial charge < -0.3 is 21.3 Å². The average molecular weight is 430 g/mol. The van der Waals surface area contributed by atoms with E-state index in [1.54, 1.807) is 6.20 Å². The Morgan fingerprint density at radius 3 is 2.59 bits per heavy atom. The lowest BCUT2D eigenvalue weighted by atomic mass is 9.86. The first-order chi connectivity index (χ1) is 15.3. The summed E-state index contributed by atoms with van der Waals surface area (Å²) in [4.78, 5) is 8.99. The predicted molar refractivity (Wildman–Crippen MR) is 129 cm³/mol. The molecule has 2 aromatic carbocycles. The van der Waals surface area contributed by atoms with E-state index in [2.05, 4.69) is 89.4 Å². The van der Waals surface area contributed by atoms with E-state index >= 15 is 0 Å². The number of aromatic nitrogens is 2. The van der Waals surface area contributed by atoms with Crippen molar-refractivity contribution in [1.29, 1.82) is 0 Å². The van der Waals surface area contributed by atoms with Crippen molar-refractivity contribution in [3.05, 3.63) is 77.0 Å². The highest BCUT2D eigenvalue weighted by Gasteiger charge is 2.36. The summed E-state index contributed by atoms with van der Waals surface area (Å²) in [7, 11) is 0. The summed E-state index contributed by atoms with van der Waals surface area (Å²) in [6.45, 7) is 8.37. The van der Waals surface area contributed by atoms with Gasteiger partial charge in [-0.25, -0.2) is 0 Å². The fourth-order valence-electron chi connectivity index (χ4n) is 4.80. The molecule has 0 spiro atoms. The van der Waals surface area contributed by atoms with Crippen LogP contribution in [-0.4, -0.2) is 33.6 Å². The first-order valence-corrected chi connectivity index (χ1v) is 11.1. The highest BCUT2D eigenvalue weighted by Crippen LogP contribution is 2.35. The van der Waals surface area contributed by atoms with Gasteiger partial charge in [-0.15, -0.1) is 0 Å². The lowest BCUT2D eigenvalue weighted by Gasteiger charge is -2.44. The van der Waals surface area contributed by atoms with Crippen LogP contribution in [0.25, 0.3) is 0 Å². The number of aromatic amines is 1. The Kier molecular flexibility index (Phi) is 4.93. The zero-order chi connectivity index (χ0) is 22.5. The Bertz CT molecular complexity index is 1140. The summed E-state index contributed by atoms with van der Waals surface area (Å²) >= 11 is 0. The highest BCUT2D eigenvalue weighted by molar-refractivity contribution is 5.84. The number of benzene rings is 2. The van der Waals surface area contributed by atoms with Gasteiger partial charge in [0.15, 0.2) is 11.8 Å². The molecule has 0 saturated heterocycles. The molecule has 5 N–H and O–H groups in total. The van der Waals surface area contributed by atoms with Gasteiger partial charge in [0, 0.05) is 18.8 Å². The monoisotopic (exact) mass is 429 g/mol. The SMILES string of the molecule is CC(C)(C)c1ccc(CN2CC(N3C(N)=Nc4[nH]ncc4C3N)Cc3ccccc32)cc1. The molecule has 166 valence electrons. The van der Waals surface area contributed by atoms with E-state index < -0.39 is 0 Å². The van der Waals surface area contributed by atoms with Gasteiger partial charge in [0.25, 0.3) is 0 Å². The summed E-state index contributed by atoms with van der Waals surface area (Å²) in [6, 6.07) is 17.7. The van der Waals surface area contributed by atoms with Crippen molar-refractivity contribution in [3.63, 3.8) is 0 Å². The number of nitrogens with zero attached hydrogens (tertiary/aromatic N) is 4. The maximum atomic E-state index is 6.62. The second kappa shape index (κ2) is 7.67. The number of para-hydroxylation sites is 1. The third kappa shape index (κ3) is 3.62. The van der Waals surface area contributed by atoms with Gasteiger partial charge in [-0.1, -0.05) is 63.2 Å². The molecule has 0 amide bonds. The van der Waals surface area contributed by atoms with E-state index in [0.717, 1.165) is 25.1 Å². The van der Waals surface area contributed by atoms with Crippen LogP contribution in [0, 0.1) is 0 Å². The van der Waals surface area contributed by atoms with Gasteiger partial charge >= 0.3 is 0 Å². The third-order valence-electron chi connectivity index (χ3n) is 6.56. The van der Waals surface area contributed by atoms with Gasteiger partial charge in [0.1, 0.15) is 6.17 Å². The second-order valence-electron chi connectivity index (χ2n) is 9.81. The number of guanidine groups is 1. The molecule has 0 saturated carbocycles. The highest BCUT2D eigenvalue weighted by atomic mass is 15.4. The molecule has 5 rings (SSSR count). The minimum absolute atomic E-state index is 0.112. The van der Waals surface area contributed by atoms with Crippen molar-refractivity contribution in [2.45, 2.75) is 51.4 Å². The number of H-pyrrole nitrogens is 1. The number of rotatable bonds is 3. The Balaban J connectivity index is 1.44. The van der Waals surface area contributed by atoms with E-state index in [-0.39, 0.29) is 17.6 Å². The van der Waals surface area contributed by atoms with Crippen molar-refractivity contribution < 1.29 is 0 Å². The normalized spacial score (nSPS) is 20.6. The van der Waals surface area contributed by atoms with Crippen molar-refractivity contribution >= 4 is 17.5 Å². The molecule has 2 aliphatic heterocycles. The minimum atomic E-state index is -0.371. The summed E-state index contributed by atoms with van der Waals surface area (Å²) in [5.74, 6) is 1.09. The van der Waals surface area contributed by atoms with Crippen molar-refractivity contribution in [2.75, 3.05) is 11.4 Å². The molecule has 0 bridgehead atoms. The summed E-state index contributed by atoms with van der Waals surface area (Å²) < 4.78 is 0. The molecule has 2 unspecified atom stereocenters. The maximum Gasteiger partial charge on any atom is 0.199 e. The van der Waals surface area contributed by atoms with Gasteiger partial charge in [-0.3, -0.25) is 5.10 Å². The molecule has 0 fully saturated rings. The largest absolute Gasteiger partial charge is 0.369 e. The zero-order valence-corrected chi connectivity index (χ0v) is 18.9. The average Bonchev–Trinajstić information content (AvgIpc) is 3.22. The quantitative estimate of drug-likeness (QED) is 0.591. The number of anilines is 1. The van der Waals surface area contributed by atoms with E-state index in [9.17, 15) is 0 Å². The number of hydrogen-bond acceptors (Lipinski definition) is 6. The molecule has 0 radical (unpaired) electrons. The Labute approximate surface area is 189 Å². The number of aliphatic imine (C=N–C) groups is 1. The van der Waals surface area contributed by atoms with Crippen molar-refractivity contribution in [1.82, 2.24) is 15.1 Å². The van der Waals surface area contributed by atoms with Gasteiger partial charge in [0.2, 0.25) is 0 Å². The predicted octanol–water partition coefficient (Wildman–Crippen LogP) is 3.56. The zero-order valence-electron chi connectivity index (χ0n) is 18.9. The molecular weight excluding hydrogens is 398 g/mol. The number of nitrogens with two attached hydrogens (primary N) is 2. The van der Waals surface area contributed by atoms with Crippen molar-refractivity contribution in [3.8, 4) is 0 Å². The van der Waals surface area contributed by atoms with E-state index in [4.69, 9.17) is 11.5 Å². The smallest absolute Gasteiger partial charge is 0.199 e. The molecule has 7 heteroatoms. The van der Waals surface area contributed by atoms with E-state index in [1.807, 2.05) is 4.90 Å². The topological polar surface area (TPSA) is 99.6 Å². The molecule has 2 atom stereocenters. The Hall–Kier alpha value is -3.32. The van der Waals surface area contributed by atoms with Crippen LogP contribution in [0.3, 0.4) is 0 Å². The van der Waals surface area contributed by atoms with Crippen LogP contribution >= 0.6 is 0 Å². The van der Waals surface area contributed by atoms with Crippen LogP contribution in [0.5, 0.6) is 0 Å². The molecule has 3 aromatic rings. The molecule has 2 aliphatic rings. The maximum absolute atomic E-state index is 6.62. The van der Waals surface area contributed by atoms with Crippen LogP contribution in [0.4, 0.5) is 11.5 Å². The van der Waals surface area contributed by atoms with Crippen LogP contribution in [-0.2, 0) is 18.4 Å². The van der Waals surface area contributed by atoms with E-state index in [0.29, 0.717) is 11.8 Å². The Morgan fingerprint density at radius 1 is 1.09 bits per heavy atom. The van der Waals surface area contributed by atoms with Crippen LogP contribution < -0.4 is 16.4 Å². The standard InChI is InChI=1S/C25H31N7/c1-25(2,3)18-10-8-16(9-11-18)14-31-15-19(12-17-6-4-5-7-21(17)31)32-22(26)20-13-28-30-23(20)29-24(32)27/h4-11,13,19,22H,12,14-15,26H2,1-3H3,(H3,27,28,29,30). The first kappa shape index (κ1) is 20.6. The molecule has 1 aromatic heterocycles. The minimum Gasteiger partial charge on any atom is -0.369 e. The van der Waals surface area contributed by atoms with Crippen LogP contribution in [0.1, 0.15) is 49.2 Å². The van der Waals surface area contributed by atoms with E-state index in [1.165, 1.54) is 22.4 Å². The van der Waals surface area contributed by atoms with Crippen LogP contribution in [0.15, 0.2) is 59.7 Å². The molecular formula is C25H31N7. The summed E-state index contributed by atoms with van der Waals surface area (Å²) in [6.07, 6.45) is 2.24. The third-order valence-corrected chi connectivity index (χ3v) is 6.56. The number of nitrogens with one attached hydrogen (secondary N) is 1. The Morgan fingerprint density at radius 2 is 1.84 bits per heavy atom. The van der Waals surface area contributed by atoms with Crippen molar-refractivity contribution in [2.24, 2.45) is 16.5 Å². The van der Waals surface area contributed by atoms with Gasteiger partial charge in [-0.05, 0) is 34.6 Å². The lowest BCUT2D eigenvalue weighted by molar-refractivity contribution is 0.229. The second-order valence-corrected chi connectivity index (χ2v) is 9.81. The lowest BCUT2D eigenvalue weighted by Crippen LogP contribution is -2.56. The van der Waals surface area contributed by atoms with Gasteiger partial charge in [0.05, 0.1) is 17.8 Å². The molecule has 3 heterocycles. The number of hydrogen-bond donors (Lipinski definition) is 3. The number of fused-ring (bicyclic) bond motifs is 2. The molecule has 0 aliphatic carbocycles. The fraction of sp³-hybridized carbons (Fsp3) is 0.360. The summed E-state index contributed by atoms with van der Waals surface area (Å²) in [5, 5.41) is 6.97. The summed E-state index contributed by atoms with van der Waals surface area (Å²) in [5.41, 5.74) is 19.2. The molecule has 32 heavy (non-hydrogen) atoms. The first-order valence-electron chi connectivity index (χ1n) is 11.1. The fourth-order valence-corrected chi connectivity index (χ4v) is 4.80. The van der Waals surface area contributed by atoms with Gasteiger partial charge in [-0.2, -0.15) is 10.1 Å².